The van der Waals surface area contributed by atoms with Crippen molar-refractivity contribution in [2.45, 2.75) is 28.2 Å². The molecular weight excluding hydrogens is 529 g/mol. The van der Waals surface area contributed by atoms with E-state index in [4.69, 9.17) is 4.74 Å². The molecule has 0 saturated heterocycles. The summed E-state index contributed by atoms with van der Waals surface area (Å²) >= 11 is 3.52. The van der Waals surface area contributed by atoms with Gasteiger partial charge in [-0.1, -0.05) is 103 Å². The van der Waals surface area contributed by atoms with E-state index < -0.39 is 5.97 Å². The van der Waals surface area contributed by atoms with Gasteiger partial charge in [-0.2, -0.15) is 0 Å². The van der Waals surface area contributed by atoms with Crippen LogP contribution in [0.5, 0.6) is 5.75 Å². The predicted molar refractivity (Wildman–Crippen MR) is 170 cm³/mol. The molecule has 4 heteroatoms. The first kappa shape index (κ1) is 27.6. The van der Waals surface area contributed by atoms with E-state index in [1.54, 1.807) is 23.5 Å². The first-order valence-electron chi connectivity index (χ1n) is 13.1. The van der Waals surface area contributed by atoms with Crippen LogP contribution in [-0.4, -0.2) is 5.97 Å². The molecule has 0 heterocycles. The number of benzene rings is 5. The van der Waals surface area contributed by atoms with Gasteiger partial charge in [-0.25, -0.2) is 4.79 Å². The van der Waals surface area contributed by atoms with Gasteiger partial charge in [0.05, 0.1) is 5.57 Å². The summed E-state index contributed by atoms with van der Waals surface area (Å²) < 4.78 is 5.96. The fourth-order valence-electron chi connectivity index (χ4n) is 4.25. The first-order chi connectivity index (χ1) is 19.5. The van der Waals surface area contributed by atoms with Gasteiger partial charge in [-0.05, 0) is 65.6 Å². The highest BCUT2D eigenvalue weighted by Crippen LogP contribution is 2.35. The molecule has 0 aromatic heterocycles. The Bertz CT molecular complexity index is 1610. The van der Waals surface area contributed by atoms with Crippen LogP contribution < -0.4 is 4.74 Å². The number of rotatable bonds is 10. The van der Waals surface area contributed by atoms with Crippen molar-refractivity contribution in [2.24, 2.45) is 0 Å². The minimum atomic E-state index is -0.454. The quantitative estimate of drug-likeness (QED) is 0.0737. The average Bonchev–Trinajstić information content (AvgIpc) is 3.01. The zero-order valence-electron chi connectivity index (χ0n) is 22.4. The summed E-state index contributed by atoms with van der Waals surface area (Å²) in [5.41, 5.74) is 6.62. The van der Waals surface area contributed by atoms with Crippen molar-refractivity contribution in [3.63, 3.8) is 0 Å². The molecule has 198 valence electrons. The Kier molecular flexibility index (Phi) is 9.22. The highest BCUT2D eigenvalue weighted by Gasteiger charge is 2.16. The number of hydrogen-bond acceptors (Lipinski definition) is 4. The normalized spacial score (nSPS) is 10.7. The summed E-state index contributed by atoms with van der Waals surface area (Å²) in [5, 5.41) is 0. The highest BCUT2D eigenvalue weighted by molar-refractivity contribution is 7.98. The predicted octanol–water partition coefficient (Wildman–Crippen LogP) is 9.87. The lowest BCUT2D eigenvalue weighted by molar-refractivity contribution is -0.127. The molecule has 0 aliphatic carbocycles. The fraction of sp³-hybridized carbons (Fsp3) is 0.0833. The number of carbonyl (C=O) groups excluding carboxylic acids is 1. The molecule has 0 fully saturated rings. The Labute approximate surface area is 245 Å². The third kappa shape index (κ3) is 7.35. The average molecular weight is 559 g/mol. The van der Waals surface area contributed by atoms with Crippen LogP contribution in [0.25, 0.3) is 16.7 Å². The fourth-order valence-corrected chi connectivity index (χ4v) is 6.07. The molecule has 0 unspecified atom stereocenters. The van der Waals surface area contributed by atoms with Crippen molar-refractivity contribution in [1.82, 2.24) is 0 Å². The van der Waals surface area contributed by atoms with Gasteiger partial charge in [0.15, 0.2) is 0 Å². The van der Waals surface area contributed by atoms with Crippen LogP contribution >= 0.6 is 23.5 Å². The third-order valence-corrected chi connectivity index (χ3v) is 8.54. The van der Waals surface area contributed by atoms with Crippen LogP contribution in [0.3, 0.4) is 0 Å². The van der Waals surface area contributed by atoms with Crippen molar-refractivity contribution in [1.29, 1.82) is 0 Å². The highest BCUT2D eigenvalue weighted by atomic mass is 32.2. The molecule has 0 atom stereocenters. The van der Waals surface area contributed by atoms with Crippen molar-refractivity contribution < 1.29 is 9.53 Å². The van der Waals surface area contributed by atoms with Gasteiger partial charge in [0.2, 0.25) is 0 Å². The van der Waals surface area contributed by atoms with E-state index in [1.165, 1.54) is 11.1 Å². The maximum atomic E-state index is 13.3. The molecule has 0 saturated carbocycles. The van der Waals surface area contributed by atoms with Crippen LogP contribution in [0, 0.1) is 6.92 Å². The first-order valence-corrected chi connectivity index (χ1v) is 15.1. The summed E-state index contributed by atoms with van der Waals surface area (Å²) in [7, 11) is 0. The van der Waals surface area contributed by atoms with Gasteiger partial charge < -0.3 is 4.74 Å². The Morgan fingerprint density at radius 3 is 1.93 bits per heavy atom. The monoisotopic (exact) mass is 558 g/mol. The molecule has 40 heavy (non-hydrogen) atoms. The third-order valence-electron chi connectivity index (χ3n) is 6.41. The molecule has 5 rings (SSSR count). The van der Waals surface area contributed by atoms with Crippen molar-refractivity contribution in [3.8, 4) is 16.9 Å². The van der Waals surface area contributed by atoms with Crippen LogP contribution in [0.2, 0.25) is 0 Å². The SMILES string of the molecule is C=C(C(=O)Oc1ccc(C)cc1-c1cccc(SCc2ccccc2)c1)c1cccc(SCc2ccccc2)c1. The molecular formula is C36H30O2S2. The Morgan fingerprint density at radius 2 is 1.27 bits per heavy atom. The van der Waals surface area contributed by atoms with E-state index in [1.807, 2.05) is 67.6 Å². The van der Waals surface area contributed by atoms with Gasteiger partial charge in [-0.3, -0.25) is 0 Å². The van der Waals surface area contributed by atoms with Crippen LogP contribution in [-0.2, 0) is 16.3 Å². The minimum absolute atomic E-state index is 0.334. The number of ether oxygens (including phenoxy) is 1. The molecule has 0 aliphatic heterocycles. The lowest BCUT2D eigenvalue weighted by Gasteiger charge is -2.14. The summed E-state index contributed by atoms with van der Waals surface area (Å²) in [6.45, 7) is 6.12. The molecule has 0 N–H and O–H groups in total. The number of carbonyl (C=O) groups is 1. The van der Waals surface area contributed by atoms with Crippen LogP contribution in [0.1, 0.15) is 22.3 Å². The van der Waals surface area contributed by atoms with Gasteiger partial charge in [0.1, 0.15) is 5.75 Å². The summed E-state index contributed by atoms with van der Waals surface area (Å²) in [6, 6.07) is 43.0. The lowest BCUT2D eigenvalue weighted by atomic mass is 10.0. The van der Waals surface area contributed by atoms with Gasteiger partial charge in [-0.15, -0.1) is 23.5 Å². The second kappa shape index (κ2) is 13.4. The van der Waals surface area contributed by atoms with E-state index in [2.05, 4.69) is 73.3 Å². The van der Waals surface area contributed by atoms with Crippen LogP contribution in [0.15, 0.2) is 144 Å². The Hall–Kier alpha value is -3.99. The molecule has 0 bridgehead atoms. The molecule has 0 radical (unpaired) electrons. The molecule has 5 aromatic rings. The van der Waals surface area contributed by atoms with E-state index in [0.717, 1.165) is 43.6 Å². The standard InChI is InChI=1S/C36H30O2S2/c1-26-19-20-35(34(21-26)31-16-10-18-33(23-31)40-25-29-13-7-4-8-14-29)38-36(37)27(2)30-15-9-17-32(22-30)39-24-28-11-5-3-6-12-28/h3-23H,2,24-25H2,1H3. The largest absolute Gasteiger partial charge is 0.422 e. The van der Waals surface area contributed by atoms with Crippen LogP contribution in [0.4, 0.5) is 0 Å². The smallest absolute Gasteiger partial charge is 0.343 e. The topological polar surface area (TPSA) is 26.3 Å². The summed E-state index contributed by atoms with van der Waals surface area (Å²) in [5.74, 6) is 1.82. The number of aryl methyl sites for hydroxylation is 1. The van der Waals surface area contributed by atoms with E-state index in [-0.39, 0.29) is 0 Å². The second-order valence-corrected chi connectivity index (χ2v) is 11.6. The molecule has 5 aromatic carbocycles. The van der Waals surface area contributed by atoms with E-state index in [9.17, 15) is 4.79 Å². The zero-order valence-corrected chi connectivity index (χ0v) is 24.0. The summed E-state index contributed by atoms with van der Waals surface area (Å²) in [6.07, 6.45) is 0. The van der Waals surface area contributed by atoms with E-state index >= 15 is 0 Å². The number of thioether (sulfide) groups is 2. The number of hydrogen-bond donors (Lipinski definition) is 0. The summed E-state index contributed by atoms with van der Waals surface area (Å²) in [4.78, 5) is 15.5. The zero-order chi connectivity index (χ0) is 27.7. The maximum absolute atomic E-state index is 13.3. The van der Waals surface area contributed by atoms with Gasteiger partial charge in [0.25, 0.3) is 0 Å². The molecule has 2 nitrogen and oxygen atoms in total. The number of esters is 1. The second-order valence-electron chi connectivity index (χ2n) is 9.47. The van der Waals surface area contributed by atoms with E-state index in [0.29, 0.717) is 11.3 Å². The van der Waals surface area contributed by atoms with Gasteiger partial charge in [0, 0.05) is 26.9 Å². The Morgan fingerprint density at radius 1 is 0.675 bits per heavy atom. The molecule has 0 spiro atoms. The van der Waals surface area contributed by atoms with Crippen molar-refractivity contribution in [2.75, 3.05) is 0 Å². The lowest BCUT2D eigenvalue weighted by Crippen LogP contribution is -2.10. The van der Waals surface area contributed by atoms with Crippen molar-refractivity contribution >= 4 is 35.1 Å². The van der Waals surface area contributed by atoms with Gasteiger partial charge >= 0.3 is 5.97 Å². The Balaban J connectivity index is 1.30. The molecule has 0 amide bonds. The maximum Gasteiger partial charge on any atom is 0.343 e. The van der Waals surface area contributed by atoms with Crippen molar-refractivity contribution in [3.05, 3.63) is 156 Å². The molecule has 0 aliphatic rings. The minimum Gasteiger partial charge on any atom is -0.422 e.